The van der Waals surface area contributed by atoms with Crippen LogP contribution in [-0.4, -0.2) is 44.7 Å². The lowest BCUT2D eigenvalue weighted by Gasteiger charge is -2.09. The molecule has 0 unspecified atom stereocenters. The van der Waals surface area contributed by atoms with Gasteiger partial charge in [0.1, 0.15) is 15.7 Å². The topological polar surface area (TPSA) is 109 Å². The summed E-state index contributed by atoms with van der Waals surface area (Å²) >= 11 is 0. The van der Waals surface area contributed by atoms with Gasteiger partial charge in [-0.2, -0.15) is 0 Å². The molecule has 0 aliphatic carbocycles. The Morgan fingerprint density at radius 2 is 1.74 bits per heavy atom. The molecular weight excluding hydrogens is 375 g/mol. The van der Waals surface area contributed by atoms with Crippen LogP contribution in [0.25, 0.3) is 11.1 Å². The van der Waals surface area contributed by atoms with Gasteiger partial charge in [0.15, 0.2) is 0 Å². The van der Waals surface area contributed by atoms with Crippen molar-refractivity contribution in [3.8, 4) is 11.1 Å². The van der Waals surface area contributed by atoms with Crippen molar-refractivity contribution in [3.05, 3.63) is 58.9 Å². The maximum absolute atomic E-state index is 14.3. The van der Waals surface area contributed by atoms with E-state index in [2.05, 4.69) is 10.6 Å². The summed E-state index contributed by atoms with van der Waals surface area (Å²) in [6.45, 7) is -0.0640. The lowest BCUT2D eigenvalue weighted by Crippen LogP contribution is -2.28. The minimum atomic E-state index is -3.22. The van der Waals surface area contributed by atoms with Crippen LogP contribution < -0.4 is 10.6 Å². The molecule has 27 heavy (non-hydrogen) atoms. The van der Waals surface area contributed by atoms with E-state index in [0.717, 1.165) is 12.3 Å². The SMILES string of the molecule is CS(=O)(=O)CCNC(=O)c1ccc(F)c(-c2ccc3c(c2)C(=O)NC3=O)c1. The Labute approximate surface area is 154 Å². The summed E-state index contributed by atoms with van der Waals surface area (Å²) in [4.78, 5) is 35.6. The average Bonchev–Trinajstić information content (AvgIpc) is 2.88. The first kappa shape index (κ1) is 18.7. The Hall–Kier alpha value is -3.07. The predicted octanol–water partition coefficient (Wildman–Crippen LogP) is 1.15. The van der Waals surface area contributed by atoms with Crippen molar-refractivity contribution in [2.24, 2.45) is 0 Å². The third-order valence-electron chi connectivity index (χ3n) is 4.03. The van der Waals surface area contributed by atoms with E-state index in [0.29, 0.717) is 5.56 Å². The Kier molecular flexibility index (Phi) is 4.79. The molecule has 1 heterocycles. The fourth-order valence-corrected chi connectivity index (χ4v) is 3.15. The number of fused-ring (bicyclic) bond motifs is 1. The molecule has 0 bridgehead atoms. The van der Waals surface area contributed by atoms with Gasteiger partial charge in [-0.25, -0.2) is 12.8 Å². The highest BCUT2D eigenvalue weighted by molar-refractivity contribution is 7.90. The van der Waals surface area contributed by atoms with Crippen molar-refractivity contribution in [1.29, 1.82) is 0 Å². The van der Waals surface area contributed by atoms with Gasteiger partial charge in [-0.3, -0.25) is 19.7 Å². The normalized spacial score (nSPS) is 13.3. The molecule has 2 aromatic carbocycles. The third kappa shape index (κ3) is 4.03. The van der Waals surface area contributed by atoms with Gasteiger partial charge < -0.3 is 5.32 Å². The van der Waals surface area contributed by atoms with Gasteiger partial charge >= 0.3 is 0 Å². The van der Waals surface area contributed by atoms with E-state index in [9.17, 15) is 27.2 Å². The summed E-state index contributed by atoms with van der Waals surface area (Å²) in [5.41, 5.74) is 0.905. The zero-order valence-electron chi connectivity index (χ0n) is 14.2. The zero-order chi connectivity index (χ0) is 19.8. The van der Waals surface area contributed by atoms with Crippen molar-refractivity contribution in [3.63, 3.8) is 0 Å². The van der Waals surface area contributed by atoms with Gasteiger partial charge in [-0.1, -0.05) is 6.07 Å². The number of imide groups is 1. The number of benzene rings is 2. The van der Waals surface area contributed by atoms with E-state index in [1.165, 1.54) is 30.3 Å². The fourth-order valence-electron chi connectivity index (χ4n) is 2.68. The number of amides is 3. The number of hydrogen-bond donors (Lipinski definition) is 2. The maximum Gasteiger partial charge on any atom is 0.258 e. The number of sulfone groups is 1. The molecule has 0 aromatic heterocycles. The second kappa shape index (κ2) is 6.92. The molecule has 3 rings (SSSR count). The van der Waals surface area contributed by atoms with E-state index < -0.39 is 33.4 Å². The minimum Gasteiger partial charge on any atom is -0.351 e. The van der Waals surface area contributed by atoms with Crippen molar-refractivity contribution in [2.45, 2.75) is 0 Å². The summed E-state index contributed by atoms with van der Waals surface area (Å²) in [5, 5.41) is 4.61. The first-order valence-corrected chi connectivity index (χ1v) is 9.97. The number of rotatable bonds is 5. The van der Waals surface area contributed by atoms with Crippen molar-refractivity contribution < 1.29 is 27.2 Å². The quantitative estimate of drug-likeness (QED) is 0.745. The minimum absolute atomic E-state index is 0.0640. The van der Waals surface area contributed by atoms with Gasteiger partial charge in [0, 0.05) is 23.9 Å². The van der Waals surface area contributed by atoms with Crippen LogP contribution >= 0.6 is 0 Å². The lowest BCUT2D eigenvalue weighted by molar-refractivity contribution is 0.0878. The van der Waals surface area contributed by atoms with Crippen LogP contribution in [0.1, 0.15) is 31.1 Å². The van der Waals surface area contributed by atoms with Crippen LogP contribution in [-0.2, 0) is 9.84 Å². The molecule has 0 radical (unpaired) electrons. The van der Waals surface area contributed by atoms with Gasteiger partial charge in [0.05, 0.1) is 16.9 Å². The Bertz CT molecular complexity index is 1080. The molecule has 0 spiro atoms. The van der Waals surface area contributed by atoms with Crippen LogP contribution in [0, 0.1) is 5.82 Å². The summed E-state index contributed by atoms with van der Waals surface area (Å²) in [7, 11) is -3.22. The summed E-state index contributed by atoms with van der Waals surface area (Å²) in [6, 6.07) is 7.99. The van der Waals surface area contributed by atoms with Crippen molar-refractivity contribution in [2.75, 3.05) is 18.6 Å². The average molecular weight is 390 g/mol. The molecule has 9 heteroatoms. The standard InChI is InChI=1S/C18H15FN2O5S/c1-27(25,26)7-6-20-16(22)11-3-5-15(19)13(9-11)10-2-4-12-14(8-10)18(24)21-17(12)23/h2-5,8-9H,6-7H2,1H3,(H,20,22)(H,21,23,24). The number of carbonyl (C=O) groups is 3. The van der Waals surface area contributed by atoms with Crippen LogP contribution in [0.2, 0.25) is 0 Å². The molecule has 7 nitrogen and oxygen atoms in total. The summed E-state index contributed by atoms with van der Waals surface area (Å²) in [6.07, 6.45) is 1.06. The molecule has 1 aliphatic rings. The highest BCUT2D eigenvalue weighted by Crippen LogP contribution is 2.28. The molecular formula is C18H15FN2O5S. The molecule has 0 saturated carbocycles. The van der Waals surface area contributed by atoms with E-state index in [4.69, 9.17) is 0 Å². The molecule has 2 aromatic rings. The van der Waals surface area contributed by atoms with E-state index in [1.807, 2.05) is 0 Å². The zero-order valence-corrected chi connectivity index (χ0v) is 15.0. The fraction of sp³-hybridized carbons (Fsp3) is 0.167. The predicted molar refractivity (Wildman–Crippen MR) is 95.7 cm³/mol. The molecule has 0 fully saturated rings. The summed E-state index contributed by atoms with van der Waals surface area (Å²) < 4.78 is 36.5. The van der Waals surface area contributed by atoms with Crippen LogP contribution in [0.4, 0.5) is 4.39 Å². The van der Waals surface area contributed by atoms with Crippen LogP contribution in [0.3, 0.4) is 0 Å². The molecule has 3 amide bonds. The van der Waals surface area contributed by atoms with E-state index in [1.54, 1.807) is 0 Å². The Morgan fingerprint density at radius 1 is 1.04 bits per heavy atom. The largest absolute Gasteiger partial charge is 0.351 e. The number of nitrogens with one attached hydrogen (secondary N) is 2. The highest BCUT2D eigenvalue weighted by Gasteiger charge is 2.27. The van der Waals surface area contributed by atoms with Gasteiger partial charge in [0.25, 0.3) is 17.7 Å². The molecule has 140 valence electrons. The van der Waals surface area contributed by atoms with Crippen molar-refractivity contribution in [1.82, 2.24) is 10.6 Å². The first-order valence-electron chi connectivity index (χ1n) is 7.91. The smallest absolute Gasteiger partial charge is 0.258 e. The second-order valence-corrected chi connectivity index (χ2v) is 8.38. The number of hydrogen-bond acceptors (Lipinski definition) is 5. The second-order valence-electron chi connectivity index (χ2n) is 6.12. The molecule has 2 N–H and O–H groups in total. The molecule has 0 atom stereocenters. The van der Waals surface area contributed by atoms with Crippen LogP contribution in [0.5, 0.6) is 0 Å². The Morgan fingerprint density at radius 3 is 2.44 bits per heavy atom. The number of carbonyl (C=O) groups excluding carboxylic acids is 3. The molecule has 1 aliphatic heterocycles. The van der Waals surface area contributed by atoms with Gasteiger partial charge in [-0.05, 0) is 35.9 Å². The summed E-state index contributed by atoms with van der Waals surface area (Å²) in [5.74, 6) is -2.44. The van der Waals surface area contributed by atoms with Crippen LogP contribution in [0.15, 0.2) is 36.4 Å². The maximum atomic E-state index is 14.3. The molecule has 0 saturated heterocycles. The third-order valence-corrected chi connectivity index (χ3v) is 4.98. The van der Waals surface area contributed by atoms with Gasteiger partial charge in [-0.15, -0.1) is 0 Å². The lowest BCUT2D eigenvalue weighted by atomic mass is 9.98. The van der Waals surface area contributed by atoms with E-state index in [-0.39, 0.29) is 34.6 Å². The van der Waals surface area contributed by atoms with Gasteiger partial charge in [0.2, 0.25) is 0 Å². The highest BCUT2D eigenvalue weighted by atomic mass is 32.2. The first-order chi connectivity index (χ1) is 12.7. The van der Waals surface area contributed by atoms with Crippen molar-refractivity contribution >= 4 is 27.6 Å². The Balaban J connectivity index is 1.88. The monoisotopic (exact) mass is 390 g/mol. The number of halogens is 1. The van der Waals surface area contributed by atoms with E-state index >= 15 is 0 Å².